The fraction of sp³-hybridized carbons (Fsp3) is 0.278. The van der Waals surface area contributed by atoms with E-state index in [9.17, 15) is 19.4 Å². The molecule has 1 amide bonds. The van der Waals surface area contributed by atoms with Crippen LogP contribution < -0.4 is 10.1 Å². The molecule has 0 radical (unpaired) electrons. The summed E-state index contributed by atoms with van der Waals surface area (Å²) in [7, 11) is 0. The van der Waals surface area contributed by atoms with Gasteiger partial charge in [0.25, 0.3) is 5.91 Å². The molecule has 2 aromatic carbocycles. The average molecular weight is 333 g/mol. The first-order chi connectivity index (χ1) is 11.5. The summed E-state index contributed by atoms with van der Waals surface area (Å²) >= 11 is 0. The number of aliphatic hydroxyl groups is 2. The number of hydrogen-bond acceptors (Lipinski definition) is 4. The van der Waals surface area contributed by atoms with E-state index in [0.29, 0.717) is 5.69 Å². The van der Waals surface area contributed by atoms with Gasteiger partial charge in [0.15, 0.2) is 6.61 Å². The maximum Gasteiger partial charge on any atom is 0.262 e. The summed E-state index contributed by atoms with van der Waals surface area (Å²) in [5.74, 6) is -0.853. The third-order valence-corrected chi connectivity index (χ3v) is 3.77. The number of carbonyl (C=O) groups is 1. The summed E-state index contributed by atoms with van der Waals surface area (Å²) in [6.45, 7) is 2.61. The number of aryl methyl sites for hydroxylation is 1. The molecule has 0 saturated heterocycles. The first-order valence-electron chi connectivity index (χ1n) is 7.48. The van der Waals surface area contributed by atoms with Crippen LogP contribution >= 0.6 is 0 Å². The Morgan fingerprint density at radius 2 is 1.79 bits per heavy atom. The zero-order valence-electron chi connectivity index (χ0n) is 13.6. The highest BCUT2D eigenvalue weighted by Crippen LogP contribution is 2.26. The Hall–Kier alpha value is -2.44. The van der Waals surface area contributed by atoms with Crippen molar-refractivity contribution >= 4 is 11.6 Å². The van der Waals surface area contributed by atoms with Crippen molar-refractivity contribution in [2.75, 3.05) is 11.9 Å². The van der Waals surface area contributed by atoms with Crippen molar-refractivity contribution in [2.24, 2.45) is 0 Å². The molecule has 24 heavy (non-hydrogen) atoms. The molecule has 128 valence electrons. The van der Waals surface area contributed by atoms with Crippen LogP contribution in [0.25, 0.3) is 0 Å². The molecule has 3 N–H and O–H groups in total. The zero-order valence-corrected chi connectivity index (χ0v) is 13.6. The van der Waals surface area contributed by atoms with E-state index in [4.69, 9.17) is 4.74 Å². The van der Waals surface area contributed by atoms with Gasteiger partial charge in [-0.2, -0.15) is 0 Å². The van der Waals surface area contributed by atoms with E-state index in [1.165, 1.54) is 0 Å². The van der Waals surface area contributed by atoms with Crippen molar-refractivity contribution in [1.82, 2.24) is 0 Å². The molecule has 0 aliphatic carbocycles. The number of aliphatic hydroxyl groups excluding tert-OH is 2. The number of ether oxygens (including phenoxy) is 1. The number of anilines is 1. The fourth-order valence-electron chi connectivity index (χ4n) is 2.34. The molecule has 0 heterocycles. The molecule has 0 spiro atoms. The Balaban J connectivity index is 2.10. The van der Waals surface area contributed by atoms with Gasteiger partial charge in [0.1, 0.15) is 11.6 Å². The lowest BCUT2D eigenvalue weighted by Gasteiger charge is -2.15. The maximum atomic E-state index is 13.4. The topological polar surface area (TPSA) is 78.8 Å². The van der Waals surface area contributed by atoms with Crippen LogP contribution in [-0.4, -0.2) is 22.7 Å². The van der Waals surface area contributed by atoms with Crippen molar-refractivity contribution < 1.29 is 24.1 Å². The lowest BCUT2D eigenvalue weighted by molar-refractivity contribution is -0.118. The van der Waals surface area contributed by atoms with Crippen molar-refractivity contribution in [3.8, 4) is 5.75 Å². The van der Waals surface area contributed by atoms with Gasteiger partial charge >= 0.3 is 0 Å². The third-order valence-electron chi connectivity index (χ3n) is 3.77. The fourth-order valence-corrected chi connectivity index (χ4v) is 2.34. The molecule has 5 nitrogen and oxygen atoms in total. The van der Waals surface area contributed by atoms with E-state index in [-0.39, 0.29) is 29.4 Å². The van der Waals surface area contributed by atoms with Gasteiger partial charge in [-0.25, -0.2) is 4.39 Å². The minimum atomic E-state index is -0.588. The molecule has 0 aliphatic rings. The van der Waals surface area contributed by atoms with Gasteiger partial charge < -0.3 is 20.3 Å². The van der Waals surface area contributed by atoms with Crippen molar-refractivity contribution in [3.63, 3.8) is 0 Å². The number of benzene rings is 2. The van der Waals surface area contributed by atoms with E-state index < -0.39 is 19.0 Å². The largest absolute Gasteiger partial charge is 0.483 e. The van der Waals surface area contributed by atoms with Gasteiger partial charge in [-0.05, 0) is 43.2 Å². The minimum absolute atomic E-state index is 0.123. The number of hydrogen-bond donors (Lipinski definition) is 3. The highest BCUT2D eigenvalue weighted by atomic mass is 19.1. The highest BCUT2D eigenvalue weighted by Gasteiger charge is 2.14. The summed E-state index contributed by atoms with van der Waals surface area (Å²) in [6, 6.07) is 7.79. The SMILES string of the molecule is Cc1cccc(NC(=O)COc2c(CO)cc(F)cc2CO)c1C. The Bertz CT molecular complexity index is 721. The second kappa shape index (κ2) is 7.90. The smallest absolute Gasteiger partial charge is 0.262 e. The zero-order chi connectivity index (χ0) is 17.7. The normalized spacial score (nSPS) is 10.5. The van der Waals surface area contributed by atoms with Crippen LogP contribution in [-0.2, 0) is 18.0 Å². The number of carbonyl (C=O) groups excluding carboxylic acids is 1. The number of halogens is 1. The summed E-state index contributed by atoms with van der Waals surface area (Å²) in [5.41, 5.74) is 3.06. The van der Waals surface area contributed by atoms with Gasteiger partial charge in [-0.15, -0.1) is 0 Å². The predicted octanol–water partition coefficient (Wildman–Crippen LogP) is 2.44. The van der Waals surface area contributed by atoms with Crippen molar-refractivity contribution in [3.05, 3.63) is 58.4 Å². The van der Waals surface area contributed by atoms with Gasteiger partial charge in [-0.3, -0.25) is 4.79 Å². The Kier molecular flexibility index (Phi) is 5.89. The average Bonchev–Trinajstić information content (AvgIpc) is 2.56. The van der Waals surface area contributed by atoms with Crippen LogP contribution in [0.5, 0.6) is 5.75 Å². The van der Waals surface area contributed by atoms with Gasteiger partial charge in [0, 0.05) is 16.8 Å². The molecule has 2 rings (SSSR count). The second-order valence-electron chi connectivity index (χ2n) is 5.45. The standard InChI is InChI=1S/C18H20FNO4/c1-11-4-3-5-16(12(11)2)20-17(23)10-24-18-13(8-21)6-15(19)7-14(18)9-22/h3-7,21-22H,8-10H2,1-2H3,(H,20,23). The van der Waals surface area contributed by atoms with E-state index in [1.54, 1.807) is 6.07 Å². The van der Waals surface area contributed by atoms with E-state index >= 15 is 0 Å². The molecule has 0 fully saturated rings. The molecule has 0 aliphatic heterocycles. The van der Waals surface area contributed by atoms with Crippen LogP contribution in [0.1, 0.15) is 22.3 Å². The lowest BCUT2D eigenvalue weighted by Crippen LogP contribution is -2.21. The second-order valence-corrected chi connectivity index (χ2v) is 5.45. The Morgan fingerprint density at radius 1 is 1.17 bits per heavy atom. The van der Waals surface area contributed by atoms with E-state index in [0.717, 1.165) is 23.3 Å². The molecule has 6 heteroatoms. The van der Waals surface area contributed by atoms with Gasteiger partial charge in [0.2, 0.25) is 0 Å². The van der Waals surface area contributed by atoms with Crippen LogP contribution in [0, 0.1) is 19.7 Å². The van der Waals surface area contributed by atoms with E-state index in [1.807, 2.05) is 26.0 Å². The van der Waals surface area contributed by atoms with Crippen molar-refractivity contribution in [1.29, 1.82) is 0 Å². The number of rotatable bonds is 6. The summed E-state index contributed by atoms with van der Waals surface area (Å²) in [4.78, 5) is 12.1. The molecule has 0 unspecified atom stereocenters. The van der Waals surface area contributed by atoms with Gasteiger partial charge in [0.05, 0.1) is 13.2 Å². The molecule has 0 saturated carbocycles. The van der Waals surface area contributed by atoms with E-state index in [2.05, 4.69) is 5.32 Å². The summed E-state index contributed by atoms with van der Waals surface area (Å²) in [6.07, 6.45) is 0. The van der Waals surface area contributed by atoms with Gasteiger partial charge in [-0.1, -0.05) is 12.1 Å². The minimum Gasteiger partial charge on any atom is -0.483 e. The quantitative estimate of drug-likeness (QED) is 0.759. The first-order valence-corrected chi connectivity index (χ1v) is 7.48. The number of amides is 1. The van der Waals surface area contributed by atoms with Crippen LogP contribution in [0.3, 0.4) is 0 Å². The molecule has 2 aromatic rings. The molecular weight excluding hydrogens is 313 g/mol. The molecule has 0 atom stereocenters. The van der Waals surface area contributed by atoms with Crippen LogP contribution in [0.15, 0.2) is 30.3 Å². The molecule has 0 bridgehead atoms. The molecule has 0 aromatic heterocycles. The maximum absolute atomic E-state index is 13.4. The summed E-state index contributed by atoms with van der Waals surface area (Å²) < 4.78 is 18.8. The Morgan fingerprint density at radius 3 is 2.38 bits per heavy atom. The number of nitrogens with one attached hydrogen (secondary N) is 1. The lowest BCUT2D eigenvalue weighted by atomic mass is 10.1. The summed E-state index contributed by atoms with van der Waals surface area (Å²) in [5, 5.41) is 21.3. The molecular formula is C18H20FNO4. The van der Waals surface area contributed by atoms with Crippen molar-refractivity contribution in [2.45, 2.75) is 27.1 Å². The first kappa shape index (κ1) is 17.9. The van der Waals surface area contributed by atoms with Crippen LogP contribution in [0.4, 0.5) is 10.1 Å². The highest BCUT2D eigenvalue weighted by molar-refractivity contribution is 5.92. The Labute approximate surface area is 139 Å². The predicted molar refractivity (Wildman–Crippen MR) is 88.3 cm³/mol. The third kappa shape index (κ3) is 4.10. The monoisotopic (exact) mass is 333 g/mol. The van der Waals surface area contributed by atoms with Crippen LogP contribution in [0.2, 0.25) is 0 Å².